The minimum absolute atomic E-state index is 0.715. The molecule has 0 heterocycles. The second kappa shape index (κ2) is 5.93. The smallest absolute Gasteiger partial charge is 0.0374 e. The highest BCUT2D eigenvalue weighted by atomic mass is 14.9. The molecule has 88 valence electrons. The number of para-hydroxylation sites is 1. The Morgan fingerprint density at radius 2 is 1.88 bits per heavy atom. The van der Waals surface area contributed by atoms with Crippen molar-refractivity contribution >= 4 is 5.69 Å². The number of rotatable bonds is 4. The lowest BCUT2D eigenvalue weighted by molar-refractivity contribution is 0.462. The van der Waals surface area contributed by atoms with Gasteiger partial charge in [-0.1, -0.05) is 50.8 Å². The third-order valence-electron chi connectivity index (χ3n) is 3.50. The van der Waals surface area contributed by atoms with E-state index in [0.29, 0.717) is 6.04 Å². The Kier molecular flexibility index (Phi) is 4.26. The zero-order chi connectivity index (χ0) is 11.2. The molecule has 0 spiro atoms. The number of hydrogen-bond donors (Lipinski definition) is 1. The molecular weight excluding hydrogens is 194 g/mol. The fourth-order valence-electron chi connectivity index (χ4n) is 2.62. The van der Waals surface area contributed by atoms with Gasteiger partial charge in [0.15, 0.2) is 0 Å². The van der Waals surface area contributed by atoms with Gasteiger partial charge in [-0.2, -0.15) is 0 Å². The van der Waals surface area contributed by atoms with E-state index in [1.807, 2.05) is 0 Å². The van der Waals surface area contributed by atoms with Crippen LogP contribution in [0.1, 0.15) is 51.0 Å². The van der Waals surface area contributed by atoms with Crippen molar-refractivity contribution in [3.05, 3.63) is 29.8 Å². The van der Waals surface area contributed by atoms with E-state index >= 15 is 0 Å². The van der Waals surface area contributed by atoms with Crippen molar-refractivity contribution in [2.45, 2.75) is 57.9 Å². The SMILES string of the molecule is CCCc1ccccc1NC1CCCCC1. The van der Waals surface area contributed by atoms with Gasteiger partial charge in [0.05, 0.1) is 0 Å². The molecule has 1 heteroatoms. The number of aryl methyl sites for hydroxylation is 1. The first-order valence-electron chi connectivity index (χ1n) is 6.74. The zero-order valence-corrected chi connectivity index (χ0v) is 10.3. The Bertz CT molecular complexity index is 313. The molecule has 0 unspecified atom stereocenters. The molecular formula is C15H23N. The van der Waals surface area contributed by atoms with Crippen LogP contribution in [0.15, 0.2) is 24.3 Å². The topological polar surface area (TPSA) is 12.0 Å². The van der Waals surface area contributed by atoms with E-state index in [0.717, 1.165) is 0 Å². The van der Waals surface area contributed by atoms with Crippen molar-refractivity contribution in [1.82, 2.24) is 0 Å². The maximum Gasteiger partial charge on any atom is 0.0374 e. The van der Waals surface area contributed by atoms with E-state index in [9.17, 15) is 0 Å². The molecule has 2 rings (SSSR count). The lowest BCUT2D eigenvalue weighted by Gasteiger charge is -2.25. The standard InChI is InChI=1S/C15H23N/c1-2-8-13-9-6-7-12-15(13)16-14-10-4-3-5-11-14/h6-7,9,12,14,16H,2-5,8,10-11H2,1H3. The third kappa shape index (κ3) is 3.01. The summed E-state index contributed by atoms with van der Waals surface area (Å²) in [5.74, 6) is 0. The third-order valence-corrected chi connectivity index (χ3v) is 3.50. The highest BCUT2D eigenvalue weighted by Crippen LogP contribution is 2.24. The minimum Gasteiger partial charge on any atom is -0.382 e. The molecule has 16 heavy (non-hydrogen) atoms. The van der Waals surface area contributed by atoms with Crippen molar-refractivity contribution < 1.29 is 0 Å². The fourth-order valence-corrected chi connectivity index (χ4v) is 2.62. The summed E-state index contributed by atoms with van der Waals surface area (Å²) in [5.41, 5.74) is 2.85. The summed E-state index contributed by atoms with van der Waals surface area (Å²) in [6.07, 6.45) is 9.33. The average molecular weight is 217 g/mol. The summed E-state index contributed by atoms with van der Waals surface area (Å²) in [6, 6.07) is 9.50. The first-order valence-corrected chi connectivity index (χ1v) is 6.74. The van der Waals surface area contributed by atoms with E-state index < -0.39 is 0 Å². The zero-order valence-electron chi connectivity index (χ0n) is 10.3. The molecule has 0 atom stereocenters. The summed E-state index contributed by atoms with van der Waals surface area (Å²) in [5, 5.41) is 3.73. The van der Waals surface area contributed by atoms with Gasteiger partial charge in [-0.05, 0) is 30.9 Å². The first kappa shape index (κ1) is 11.5. The summed E-state index contributed by atoms with van der Waals surface area (Å²) in [4.78, 5) is 0. The Morgan fingerprint density at radius 3 is 2.62 bits per heavy atom. The van der Waals surface area contributed by atoms with Gasteiger partial charge in [0.2, 0.25) is 0 Å². The van der Waals surface area contributed by atoms with Crippen molar-refractivity contribution in [2.24, 2.45) is 0 Å². The number of benzene rings is 1. The lowest BCUT2D eigenvalue weighted by atomic mass is 9.95. The predicted octanol–water partition coefficient (Wildman–Crippen LogP) is 4.38. The minimum atomic E-state index is 0.715. The van der Waals surface area contributed by atoms with Gasteiger partial charge in [0.25, 0.3) is 0 Å². The summed E-state index contributed by atoms with van der Waals surface area (Å²) in [6.45, 7) is 2.25. The molecule has 1 nitrogen and oxygen atoms in total. The average Bonchev–Trinajstić information content (AvgIpc) is 2.33. The number of anilines is 1. The van der Waals surface area contributed by atoms with Crippen molar-refractivity contribution in [3.8, 4) is 0 Å². The van der Waals surface area contributed by atoms with Gasteiger partial charge in [-0.15, -0.1) is 0 Å². The van der Waals surface area contributed by atoms with E-state index in [-0.39, 0.29) is 0 Å². The lowest BCUT2D eigenvalue weighted by Crippen LogP contribution is -2.22. The molecule has 1 aliphatic rings. The van der Waals surface area contributed by atoms with Gasteiger partial charge < -0.3 is 5.32 Å². The molecule has 1 fully saturated rings. The van der Waals surface area contributed by atoms with Crippen LogP contribution in [0.5, 0.6) is 0 Å². The molecule has 0 bridgehead atoms. The van der Waals surface area contributed by atoms with E-state index in [1.54, 1.807) is 0 Å². The summed E-state index contributed by atoms with van der Waals surface area (Å²) < 4.78 is 0. The van der Waals surface area contributed by atoms with E-state index in [2.05, 4.69) is 36.5 Å². The molecule has 0 aliphatic heterocycles. The van der Waals surface area contributed by atoms with Crippen LogP contribution >= 0.6 is 0 Å². The van der Waals surface area contributed by atoms with Crippen LogP contribution in [0.25, 0.3) is 0 Å². The number of nitrogens with one attached hydrogen (secondary N) is 1. The van der Waals surface area contributed by atoms with Crippen molar-refractivity contribution in [1.29, 1.82) is 0 Å². The molecule has 0 aromatic heterocycles. The van der Waals surface area contributed by atoms with Gasteiger partial charge in [0.1, 0.15) is 0 Å². The van der Waals surface area contributed by atoms with Crippen LogP contribution in [-0.4, -0.2) is 6.04 Å². The van der Waals surface area contributed by atoms with Crippen LogP contribution in [-0.2, 0) is 6.42 Å². The second-order valence-corrected chi connectivity index (χ2v) is 4.89. The van der Waals surface area contributed by atoms with Crippen LogP contribution in [0.3, 0.4) is 0 Å². The van der Waals surface area contributed by atoms with Crippen molar-refractivity contribution in [2.75, 3.05) is 5.32 Å². The summed E-state index contributed by atoms with van der Waals surface area (Å²) >= 11 is 0. The maximum atomic E-state index is 3.73. The molecule has 1 saturated carbocycles. The van der Waals surface area contributed by atoms with Crippen LogP contribution in [0.2, 0.25) is 0 Å². The Balaban J connectivity index is 2.01. The molecule has 1 aromatic carbocycles. The van der Waals surface area contributed by atoms with Gasteiger partial charge in [0, 0.05) is 11.7 Å². The second-order valence-electron chi connectivity index (χ2n) is 4.89. The Hall–Kier alpha value is -0.980. The van der Waals surface area contributed by atoms with Crippen LogP contribution in [0, 0.1) is 0 Å². The quantitative estimate of drug-likeness (QED) is 0.789. The highest BCUT2D eigenvalue weighted by Gasteiger charge is 2.13. The van der Waals surface area contributed by atoms with Gasteiger partial charge in [-0.3, -0.25) is 0 Å². The normalized spacial score (nSPS) is 17.3. The van der Waals surface area contributed by atoms with Crippen LogP contribution < -0.4 is 5.32 Å². The molecule has 1 aliphatic carbocycles. The van der Waals surface area contributed by atoms with Gasteiger partial charge >= 0.3 is 0 Å². The Morgan fingerprint density at radius 1 is 1.12 bits per heavy atom. The number of hydrogen-bond acceptors (Lipinski definition) is 1. The monoisotopic (exact) mass is 217 g/mol. The van der Waals surface area contributed by atoms with E-state index in [1.165, 1.54) is 56.2 Å². The molecule has 0 saturated heterocycles. The van der Waals surface area contributed by atoms with E-state index in [4.69, 9.17) is 0 Å². The van der Waals surface area contributed by atoms with Crippen LogP contribution in [0.4, 0.5) is 5.69 Å². The Labute approximate surface area is 99.3 Å². The molecule has 1 aromatic rings. The molecule has 0 amide bonds. The predicted molar refractivity (Wildman–Crippen MR) is 70.9 cm³/mol. The first-order chi connectivity index (χ1) is 7.90. The van der Waals surface area contributed by atoms with Crippen molar-refractivity contribution in [3.63, 3.8) is 0 Å². The fraction of sp³-hybridized carbons (Fsp3) is 0.600. The highest BCUT2D eigenvalue weighted by molar-refractivity contribution is 5.51. The molecule has 1 N–H and O–H groups in total. The summed E-state index contributed by atoms with van der Waals surface area (Å²) in [7, 11) is 0. The molecule has 0 radical (unpaired) electrons. The maximum absolute atomic E-state index is 3.73. The van der Waals surface area contributed by atoms with Gasteiger partial charge in [-0.25, -0.2) is 0 Å². The largest absolute Gasteiger partial charge is 0.382 e.